The Labute approximate surface area is 112 Å². The standard InChI is InChI=1S/C15H16N2O2/c1-2-19-11-10-16-15(18)17-14-9-5-7-12-6-3-4-8-13(12)14/h2-9H,1,10-11H2,(H2,16,17,18). The fourth-order valence-electron chi connectivity index (χ4n) is 1.81. The summed E-state index contributed by atoms with van der Waals surface area (Å²) < 4.78 is 4.93. The first-order valence-corrected chi connectivity index (χ1v) is 6.06. The maximum absolute atomic E-state index is 11.7. The number of urea groups is 1. The van der Waals surface area contributed by atoms with Gasteiger partial charge in [-0.05, 0) is 11.5 Å². The summed E-state index contributed by atoms with van der Waals surface area (Å²) in [4.78, 5) is 11.7. The van der Waals surface area contributed by atoms with Crippen LogP contribution in [0.15, 0.2) is 55.3 Å². The summed E-state index contributed by atoms with van der Waals surface area (Å²) in [5.41, 5.74) is 0.792. The zero-order valence-electron chi connectivity index (χ0n) is 10.6. The van der Waals surface area contributed by atoms with Gasteiger partial charge in [0.2, 0.25) is 0 Å². The summed E-state index contributed by atoms with van der Waals surface area (Å²) in [6, 6.07) is 13.5. The van der Waals surface area contributed by atoms with Crippen LogP contribution in [-0.4, -0.2) is 19.2 Å². The molecule has 0 unspecified atom stereocenters. The molecule has 0 heterocycles. The topological polar surface area (TPSA) is 50.4 Å². The first-order chi connectivity index (χ1) is 9.31. The van der Waals surface area contributed by atoms with Crippen LogP contribution >= 0.6 is 0 Å². The smallest absolute Gasteiger partial charge is 0.319 e. The summed E-state index contributed by atoms with van der Waals surface area (Å²) >= 11 is 0. The predicted molar refractivity (Wildman–Crippen MR) is 77.1 cm³/mol. The zero-order valence-corrected chi connectivity index (χ0v) is 10.6. The van der Waals surface area contributed by atoms with E-state index in [0.29, 0.717) is 13.2 Å². The molecule has 4 nitrogen and oxygen atoms in total. The summed E-state index contributed by atoms with van der Waals surface area (Å²) in [7, 11) is 0. The number of hydrogen-bond donors (Lipinski definition) is 2. The molecule has 0 saturated heterocycles. The van der Waals surface area contributed by atoms with E-state index in [0.717, 1.165) is 16.5 Å². The van der Waals surface area contributed by atoms with Crippen LogP contribution in [0.1, 0.15) is 0 Å². The maximum atomic E-state index is 11.7. The first kappa shape index (κ1) is 13.0. The van der Waals surface area contributed by atoms with E-state index in [1.54, 1.807) is 0 Å². The van der Waals surface area contributed by atoms with Crippen molar-refractivity contribution in [3.05, 3.63) is 55.3 Å². The van der Waals surface area contributed by atoms with Crippen molar-refractivity contribution in [3.63, 3.8) is 0 Å². The monoisotopic (exact) mass is 256 g/mol. The largest absolute Gasteiger partial charge is 0.500 e. The Kier molecular flexibility index (Phi) is 4.39. The molecule has 2 N–H and O–H groups in total. The second-order valence-corrected chi connectivity index (χ2v) is 3.95. The van der Waals surface area contributed by atoms with Gasteiger partial charge in [-0.15, -0.1) is 0 Å². The van der Waals surface area contributed by atoms with E-state index in [2.05, 4.69) is 17.2 Å². The lowest BCUT2D eigenvalue weighted by molar-refractivity contribution is 0.234. The normalized spacial score (nSPS) is 9.89. The molecule has 0 saturated carbocycles. The minimum atomic E-state index is -0.246. The Morgan fingerprint density at radius 2 is 2.00 bits per heavy atom. The van der Waals surface area contributed by atoms with Crippen molar-refractivity contribution >= 4 is 22.5 Å². The summed E-state index contributed by atoms with van der Waals surface area (Å²) in [5.74, 6) is 0. The number of fused-ring (bicyclic) bond motifs is 1. The van der Waals surface area contributed by atoms with Crippen LogP contribution in [0.2, 0.25) is 0 Å². The van der Waals surface area contributed by atoms with Crippen molar-refractivity contribution in [2.75, 3.05) is 18.5 Å². The molecule has 0 aliphatic rings. The predicted octanol–water partition coefficient (Wildman–Crippen LogP) is 3.12. The van der Waals surface area contributed by atoms with Crippen LogP contribution in [0, 0.1) is 0 Å². The molecule has 0 bridgehead atoms. The molecule has 98 valence electrons. The van der Waals surface area contributed by atoms with Gasteiger partial charge < -0.3 is 15.4 Å². The number of anilines is 1. The second-order valence-electron chi connectivity index (χ2n) is 3.95. The Morgan fingerprint density at radius 1 is 1.21 bits per heavy atom. The lowest BCUT2D eigenvalue weighted by atomic mass is 10.1. The fraction of sp³-hybridized carbons (Fsp3) is 0.133. The van der Waals surface area contributed by atoms with Crippen molar-refractivity contribution < 1.29 is 9.53 Å². The molecule has 19 heavy (non-hydrogen) atoms. The van der Waals surface area contributed by atoms with Gasteiger partial charge in [0.15, 0.2) is 0 Å². The van der Waals surface area contributed by atoms with Crippen LogP contribution < -0.4 is 10.6 Å². The summed E-state index contributed by atoms with van der Waals surface area (Å²) in [5, 5.41) is 7.65. The second kappa shape index (κ2) is 6.44. The third-order valence-corrected chi connectivity index (χ3v) is 2.66. The van der Waals surface area contributed by atoms with E-state index in [-0.39, 0.29) is 6.03 Å². The van der Waals surface area contributed by atoms with Gasteiger partial charge in [-0.2, -0.15) is 0 Å². The molecular weight excluding hydrogens is 240 g/mol. The number of amides is 2. The third-order valence-electron chi connectivity index (χ3n) is 2.66. The van der Waals surface area contributed by atoms with Gasteiger partial charge in [-0.3, -0.25) is 0 Å². The highest BCUT2D eigenvalue weighted by Crippen LogP contribution is 2.22. The van der Waals surface area contributed by atoms with E-state index in [4.69, 9.17) is 4.74 Å². The number of benzene rings is 2. The van der Waals surface area contributed by atoms with Crippen molar-refractivity contribution in [2.24, 2.45) is 0 Å². The minimum absolute atomic E-state index is 0.246. The molecule has 0 atom stereocenters. The number of rotatable bonds is 5. The van der Waals surface area contributed by atoms with Crippen molar-refractivity contribution in [3.8, 4) is 0 Å². The quantitative estimate of drug-likeness (QED) is 0.638. The molecule has 2 amide bonds. The average Bonchev–Trinajstić information content (AvgIpc) is 2.44. The zero-order chi connectivity index (χ0) is 13.5. The van der Waals surface area contributed by atoms with E-state index in [1.165, 1.54) is 6.26 Å². The Morgan fingerprint density at radius 3 is 2.84 bits per heavy atom. The van der Waals surface area contributed by atoms with Gasteiger partial charge in [0.05, 0.1) is 18.5 Å². The minimum Gasteiger partial charge on any atom is -0.500 e. The number of ether oxygens (including phenoxy) is 1. The molecule has 2 aromatic carbocycles. The Bertz CT molecular complexity index is 576. The number of hydrogen-bond acceptors (Lipinski definition) is 2. The lowest BCUT2D eigenvalue weighted by Crippen LogP contribution is -2.31. The van der Waals surface area contributed by atoms with Gasteiger partial charge in [0, 0.05) is 5.39 Å². The average molecular weight is 256 g/mol. The van der Waals surface area contributed by atoms with Crippen molar-refractivity contribution in [1.82, 2.24) is 5.32 Å². The maximum Gasteiger partial charge on any atom is 0.319 e. The van der Waals surface area contributed by atoms with Crippen LogP contribution in [0.3, 0.4) is 0 Å². The molecular formula is C15H16N2O2. The molecule has 4 heteroatoms. The highest BCUT2D eigenvalue weighted by Gasteiger charge is 2.04. The Hall–Kier alpha value is -2.49. The van der Waals surface area contributed by atoms with E-state index < -0.39 is 0 Å². The molecule has 0 aliphatic carbocycles. The van der Waals surface area contributed by atoms with Crippen LogP contribution in [0.5, 0.6) is 0 Å². The van der Waals surface area contributed by atoms with Crippen LogP contribution in [0.4, 0.5) is 10.5 Å². The molecule has 0 aliphatic heterocycles. The van der Waals surface area contributed by atoms with Crippen molar-refractivity contribution in [1.29, 1.82) is 0 Å². The van der Waals surface area contributed by atoms with E-state index in [9.17, 15) is 4.79 Å². The SMILES string of the molecule is C=COCCNC(=O)Nc1cccc2ccccc12. The van der Waals surface area contributed by atoms with Crippen molar-refractivity contribution in [2.45, 2.75) is 0 Å². The van der Waals surface area contributed by atoms with Gasteiger partial charge in [-0.1, -0.05) is 43.0 Å². The molecule has 0 fully saturated rings. The molecule has 2 aromatic rings. The van der Waals surface area contributed by atoms with Gasteiger partial charge in [0.25, 0.3) is 0 Å². The molecule has 0 aromatic heterocycles. The van der Waals surface area contributed by atoms with E-state index in [1.807, 2.05) is 42.5 Å². The van der Waals surface area contributed by atoms with Crippen LogP contribution in [0.25, 0.3) is 10.8 Å². The highest BCUT2D eigenvalue weighted by atomic mass is 16.5. The van der Waals surface area contributed by atoms with E-state index >= 15 is 0 Å². The number of nitrogens with one attached hydrogen (secondary N) is 2. The lowest BCUT2D eigenvalue weighted by Gasteiger charge is -2.09. The van der Waals surface area contributed by atoms with Gasteiger partial charge >= 0.3 is 6.03 Å². The third kappa shape index (κ3) is 3.48. The molecule has 0 spiro atoms. The van der Waals surface area contributed by atoms with Gasteiger partial charge in [0.1, 0.15) is 6.61 Å². The number of carbonyl (C=O) groups excluding carboxylic acids is 1. The summed E-state index contributed by atoms with van der Waals surface area (Å²) in [6.07, 6.45) is 1.35. The summed E-state index contributed by atoms with van der Waals surface area (Å²) in [6.45, 7) is 4.27. The molecule has 0 radical (unpaired) electrons. The first-order valence-electron chi connectivity index (χ1n) is 6.06. The fourth-order valence-corrected chi connectivity index (χ4v) is 1.81. The Balaban J connectivity index is 2.01. The van der Waals surface area contributed by atoms with Crippen LogP contribution in [-0.2, 0) is 4.74 Å². The number of carbonyl (C=O) groups is 1. The molecule has 2 rings (SSSR count). The highest BCUT2D eigenvalue weighted by molar-refractivity contribution is 6.01. The van der Waals surface area contributed by atoms with Gasteiger partial charge in [-0.25, -0.2) is 4.79 Å².